The lowest BCUT2D eigenvalue weighted by molar-refractivity contribution is 0.191. The molecule has 0 aliphatic carbocycles. The molecule has 1 aromatic heterocycles. The minimum atomic E-state index is 0.564. The highest BCUT2D eigenvalue weighted by Crippen LogP contribution is 2.27. The van der Waals surface area contributed by atoms with Gasteiger partial charge in [0.15, 0.2) is 0 Å². The third-order valence-corrected chi connectivity index (χ3v) is 4.56. The number of nitrogens with one attached hydrogen (secondary N) is 1. The molecule has 21 heavy (non-hydrogen) atoms. The van der Waals surface area contributed by atoms with E-state index in [1.807, 2.05) is 24.3 Å². The molecule has 2 aromatic rings. The third-order valence-electron chi connectivity index (χ3n) is 3.87. The van der Waals surface area contributed by atoms with Gasteiger partial charge in [0, 0.05) is 17.1 Å². The van der Waals surface area contributed by atoms with Crippen LogP contribution >= 0.6 is 15.9 Å². The zero-order valence-electron chi connectivity index (χ0n) is 12.1. The predicted molar refractivity (Wildman–Crippen MR) is 84.8 cm³/mol. The second-order valence-electron chi connectivity index (χ2n) is 5.19. The van der Waals surface area contributed by atoms with Crippen molar-refractivity contribution in [3.05, 3.63) is 34.6 Å². The number of benzene rings is 1. The molecule has 0 saturated carbocycles. The Labute approximate surface area is 132 Å². The Hall–Kier alpha value is -1.24. The van der Waals surface area contributed by atoms with E-state index in [9.17, 15) is 0 Å². The third kappa shape index (κ3) is 3.33. The molecule has 5 nitrogen and oxygen atoms in total. The van der Waals surface area contributed by atoms with Crippen LogP contribution in [0.3, 0.4) is 0 Å². The standard InChI is InChI=1S/C15H19BrN4O/c1-2-20(11-7-8-17-9-11)10-14-18-19-15(21-14)12-5-3-4-6-13(12)16/h3-6,11,17H,2,7-10H2,1H3. The maximum absolute atomic E-state index is 5.83. The molecular weight excluding hydrogens is 332 g/mol. The molecule has 1 saturated heterocycles. The summed E-state index contributed by atoms with van der Waals surface area (Å²) in [6.07, 6.45) is 1.18. The molecule has 1 fully saturated rings. The molecule has 0 amide bonds. The summed E-state index contributed by atoms with van der Waals surface area (Å²) >= 11 is 3.51. The maximum Gasteiger partial charge on any atom is 0.248 e. The van der Waals surface area contributed by atoms with Gasteiger partial charge in [0.25, 0.3) is 0 Å². The van der Waals surface area contributed by atoms with Crippen LogP contribution in [0.4, 0.5) is 0 Å². The van der Waals surface area contributed by atoms with Gasteiger partial charge in [-0.3, -0.25) is 4.90 Å². The minimum Gasteiger partial charge on any atom is -0.419 e. The zero-order valence-corrected chi connectivity index (χ0v) is 13.6. The summed E-state index contributed by atoms with van der Waals surface area (Å²) in [6.45, 7) is 6.00. The number of nitrogens with zero attached hydrogens (tertiary/aromatic N) is 3. The first-order valence-electron chi connectivity index (χ1n) is 7.30. The Kier molecular flexibility index (Phi) is 4.67. The maximum atomic E-state index is 5.83. The Bertz CT molecular complexity index is 595. The van der Waals surface area contributed by atoms with Crippen molar-refractivity contribution in [2.75, 3.05) is 19.6 Å². The number of aromatic nitrogens is 2. The summed E-state index contributed by atoms with van der Waals surface area (Å²) in [5.74, 6) is 1.24. The molecule has 1 N–H and O–H groups in total. The monoisotopic (exact) mass is 350 g/mol. The fraction of sp³-hybridized carbons (Fsp3) is 0.467. The normalized spacial score (nSPS) is 18.5. The van der Waals surface area contributed by atoms with Gasteiger partial charge in [-0.2, -0.15) is 0 Å². The molecule has 1 atom stereocenters. The Morgan fingerprint density at radius 3 is 2.95 bits per heavy atom. The summed E-state index contributed by atoms with van der Waals surface area (Å²) in [5.41, 5.74) is 0.932. The summed E-state index contributed by atoms with van der Waals surface area (Å²) in [4.78, 5) is 2.39. The predicted octanol–water partition coefficient (Wildman–Crippen LogP) is 2.68. The first-order valence-corrected chi connectivity index (χ1v) is 8.09. The van der Waals surface area contributed by atoms with Crippen LogP contribution in [0.15, 0.2) is 33.2 Å². The number of hydrogen-bond donors (Lipinski definition) is 1. The fourth-order valence-electron chi connectivity index (χ4n) is 2.68. The highest BCUT2D eigenvalue weighted by atomic mass is 79.9. The van der Waals surface area contributed by atoms with E-state index in [0.29, 0.717) is 24.4 Å². The lowest BCUT2D eigenvalue weighted by Gasteiger charge is -2.24. The molecule has 0 bridgehead atoms. The second kappa shape index (κ2) is 6.68. The van der Waals surface area contributed by atoms with Gasteiger partial charge in [-0.1, -0.05) is 19.1 Å². The summed E-state index contributed by atoms with van der Waals surface area (Å²) in [6, 6.07) is 8.44. The summed E-state index contributed by atoms with van der Waals surface area (Å²) < 4.78 is 6.79. The van der Waals surface area contributed by atoms with E-state index in [-0.39, 0.29) is 0 Å². The van der Waals surface area contributed by atoms with Crippen molar-refractivity contribution in [2.24, 2.45) is 0 Å². The summed E-state index contributed by atoms with van der Waals surface area (Å²) in [5, 5.41) is 11.8. The lowest BCUT2D eigenvalue weighted by Crippen LogP contribution is -2.36. The molecule has 6 heteroatoms. The average Bonchev–Trinajstić information content (AvgIpc) is 3.17. The number of halogens is 1. The van der Waals surface area contributed by atoms with Gasteiger partial charge >= 0.3 is 0 Å². The van der Waals surface area contributed by atoms with Gasteiger partial charge in [0.1, 0.15) is 0 Å². The highest BCUT2D eigenvalue weighted by Gasteiger charge is 2.23. The van der Waals surface area contributed by atoms with Crippen LogP contribution in [0.1, 0.15) is 19.2 Å². The molecule has 1 aliphatic heterocycles. The van der Waals surface area contributed by atoms with Crippen LogP contribution in [0.2, 0.25) is 0 Å². The zero-order chi connectivity index (χ0) is 14.7. The van der Waals surface area contributed by atoms with Crippen molar-refractivity contribution in [1.82, 2.24) is 20.4 Å². The number of hydrogen-bond acceptors (Lipinski definition) is 5. The van der Waals surface area contributed by atoms with Crippen molar-refractivity contribution in [1.29, 1.82) is 0 Å². The highest BCUT2D eigenvalue weighted by molar-refractivity contribution is 9.10. The van der Waals surface area contributed by atoms with E-state index in [1.165, 1.54) is 6.42 Å². The molecule has 1 aromatic carbocycles. The fourth-order valence-corrected chi connectivity index (χ4v) is 3.14. The molecule has 1 unspecified atom stereocenters. The molecule has 0 radical (unpaired) electrons. The molecule has 0 spiro atoms. The van der Waals surface area contributed by atoms with Gasteiger partial charge in [0.05, 0.1) is 12.1 Å². The second-order valence-corrected chi connectivity index (χ2v) is 6.04. The van der Waals surface area contributed by atoms with Gasteiger partial charge in [-0.25, -0.2) is 0 Å². The molecular formula is C15H19BrN4O. The molecule has 112 valence electrons. The largest absolute Gasteiger partial charge is 0.419 e. The van der Waals surface area contributed by atoms with E-state index in [0.717, 1.165) is 29.7 Å². The van der Waals surface area contributed by atoms with Crippen LogP contribution in [0, 0.1) is 0 Å². The van der Waals surface area contributed by atoms with E-state index < -0.39 is 0 Å². The van der Waals surface area contributed by atoms with Gasteiger partial charge in [-0.05, 0) is 47.6 Å². The van der Waals surface area contributed by atoms with Crippen molar-refractivity contribution in [3.8, 4) is 11.5 Å². The van der Waals surface area contributed by atoms with Gasteiger partial charge < -0.3 is 9.73 Å². The van der Waals surface area contributed by atoms with E-state index >= 15 is 0 Å². The minimum absolute atomic E-state index is 0.564. The van der Waals surface area contributed by atoms with Crippen LogP contribution in [0.25, 0.3) is 11.5 Å². The Balaban J connectivity index is 1.74. The first kappa shape index (κ1) is 14.7. The average molecular weight is 351 g/mol. The molecule has 3 rings (SSSR count). The van der Waals surface area contributed by atoms with Crippen molar-refractivity contribution in [3.63, 3.8) is 0 Å². The van der Waals surface area contributed by atoms with E-state index in [1.54, 1.807) is 0 Å². The van der Waals surface area contributed by atoms with Gasteiger partial charge in [-0.15, -0.1) is 10.2 Å². The lowest BCUT2D eigenvalue weighted by atomic mass is 10.2. The van der Waals surface area contributed by atoms with Gasteiger partial charge in [0.2, 0.25) is 11.8 Å². The Morgan fingerprint density at radius 1 is 1.38 bits per heavy atom. The number of likely N-dealkylation sites (N-methyl/N-ethyl adjacent to an activating group) is 1. The van der Waals surface area contributed by atoms with E-state index in [4.69, 9.17) is 4.42 Å². The summed E-state index contributed by atoms with van der Waals surface area (Å²) in [7, 11) is 0. The smallest absolute Gasteiger partial charge is 0.248 e. The molecule has 2 heterocycles. The molecule has 1 aliphatic rings. The SMILES string of the molecule is CCN(Cc1nnc(-c2ccccc2Br)o1)C1CCNC1. The van der Waals surface area contributed by atoms with Crippen LogP contribution in [0.5, 0.6) is 0 Å². The first-order chi connectivity index (χ1) is 10.3. The van der Waals surface area contributed by atoms with Crippen molar-refractivity contribution in [2.45, 2.75) is 25.9 Å². The van der Waals surface area contributed by atoms with Crippen molar-refractivity contribution < 1.29 is 4.42 Å². The van der Waals surface area contributed by atoms with Crippen LogP contribution < -0.4 is 5.32 Å². The Morgan fingerprint density at radius 2 is 2.24 bits per heavy atom. The quantitative estimate of drug-likeness (QED) is 0.898. The van der Waals surface area contributed by atoms with E-state index in [2.05, 4.69) is 43.3 Å². The topological polar surface area (TPSA) is 54.2 Å². The number of rotatable bonds is 5. The van der Waals surface area contributed by atoms with Crippen LogP contribution in [-0.2, 0) is 6.54 Å². The van der Waals surface area contributed by atoms with Crippen LogP contribution in [-0.4, -0.2) is 40.8 Å². The van der Waals surface area contributed by atoms with Crippen molar-refractivity contribution >= 4 is 15.9 Å².